The second-order valence-corrected chi connectivity index (χ2v) is 27.8. The number of hydrogen-bond acceptors (Lipinski definition) is 9. The largest absolute Gasteiger partial charge is 0.419 e. The molecule has 0 fully saturated rings. The van der Waals surface area contributed by atoms with Gasteiger partial charge in [-0.15, -0.1) is 0 Å². The Morgan fingerprint density at radius 1 is 0.522 bits per heavy atom. The number of fused-ring (bicyclic) bond motifs is 3. The van der Waals surface area contributed by atoms with Crippen LogP contribution in [0.4, 0.5) is 28.9 Å². The Hall–Kier alpha value is -9.52. The van der Waals surface area contributed by atoms with Gasteiger partial charge in [-0.2, -0.15) is 13.2 Å². The van der Waals surface area contributed by atoms with E-state index in [4.69, 9.17) is 5.14 Å². The number of rotatable bonds is 16. The lowest BCUT2D eigenvalue weighted by molar-refractivity contribution is -0.140. The highest BCUT2D eigenvalue weighted by atomic mass is 79.9. The minimum absolute atomic E-state index is 0.0147. The number of nitrogens with zero attached hydrogens (tertiary/aromatic N) is 3. The van der Waals surface area contributed by atoms with Gasteiger partial charge in [0.25, 0.3) is 0 Å². The lowest BCUT2D eigenvalue weighted by Crippen LogP contribution is -2.13. The van der Waals surface area contributed by atoms with Crippen LogP contribution < -0.4 is 14.6 Å². The molecule has 9 aromatic carbocycles. The summed E-state index contributed by atoms with van der Waals surface area (Å²) >= 11 is 3.43. The molecule has 0 saturated heterocycles. The normalized spacial score (nSPS) is 12.2. The molecule has 0 aliphatic carbocycles. The Kier molecular flexibility index (Phi) is 19.6. The number of alkyl halides is 3. The molecule has 15 nitrogen and oxygen atoms in total. The maximum absolute atomic E-state index is 14.2. The third-order valence-electron chi connectivity index (χ3n) is 14.5. The molecule has 0 amide bonds. The first-order chi connectivity index (χ1) is 43.7. The molecule has 0 saturated carbocycles. The fourth-order valence-electron chi connectivity index (χ4n) is 10.1. The predicted molar refractivity (Wildman–Crippen MR) is 364 cm³/mol. The number of nitrogens with one attached hydrogen (secondary N) is 5. The highest BCUT2D eigenvalue weighted by Crippen LogP contribution is 2.35. The Morgan fingerprint density at radius 2 is 0.967 bits per heavy atom. The van der Waals surface area contributed by atoms with Gasteiger partial charge in [0.15, 0.2) is 0 Å². The van der Waals surface area contributed by atoms with E-state index in [0.29, 0.717) is 51.3 Å². The highest BCUT2D eigenvalue weighted by Gasteiger charge is 2.34. The fourth-order valence-corrected chi connectivity index (χ4v) is 12.2. The number of sulfonamides is 3. The highest BCUT2D eigenvalue weighted by molar-refractivity contribution is 9.10. The van der Waals surface area contributed by atoms with Gasteiger partial charge in [0.1, 0.15) is 23.3 Å². The Morgan fingerprint density at radius 3 is 1.45 bits per heavy atom. The predicted octanol–water partition coefficient (Wildman–Crippen LogP) is 16.2. The Labute approximate surface area is 537 Å². The van der Waals surface area contributed by atoms with Crippen LogP contribution in [0.1, 0.15) is 65.1 Å². The lowest BCUT2D eigenvalue weighted by Gasteiger charge is -2.10. The molecule has 3 aromatic heterocycles. The zero-order chi connectivity index (χ0) is 65.5. The standard InChI is InChI=1S/C25H25N3O2S.C22H18BrN3O2S.C22H17F4N3O2S/c1-17(2)19-11-8-18(9-12-19)10-15-25-26-23-14-13-20(16-24(23)27-25)21-6-4-5-7-22(21)28-31(3,29)30;1-29(27,28)26-19-5-3-2-4-18(19)16-9-12-20-21(14-16)25-22(24-20)13-8-15-6-10-17(23)11-7-15;23-21-13(4-3-6-16(21)22(24,25)26)9-11-20-28-17-10-8-14(12-18(17)29-20)15-5-1-2-7-19(15)32(27,30)31/h4-17,28H,1-3H3,(H,26,27);2-14,26H,1H3,(H,24,25);1-8,10,12H,9,11H2,(H,28,29)(H2,27,30,31)/b15-10+;13-8+;. The van der Waals surface area contributed by atoms with E-state index >= 15 is 0 Å². The second kappa shape index (κ2) is 27.5. The van der Waals surface area contributed by atoms with Gasteiger partial charge in [0, 0.05) is 27.6 Å². The third kappa shape index (κ3) is 16.9. The molecule has 470 valence electrons. The van der Waals surface area contributed by atoms with Crippen molar-refractivity contribution in [2.24, 2.45) is 5.14 Å². The smallest absolute Gasteiger partial charge is 0.342 e. The molecular formula is C69H60BrF4N9O6S3. The Bertz CT molecular complexity index is 5090. The van der Waals surface area contributed by atoms with Gasteiger partial charge in [-0.25, -0.2) is 49.7 Å². The average Bonchev–Trinajstić information content (AvgIpc) is 1.53. The summed E-state index contributed by atoms with van der Waals surface area (Å²) in [7, 11) is -10.7. The lowest BCUT2D eigenvalue weighted by atomic mass is 10.0. The molecule has 0 unspecified atom stereocenters. The van der Waals surface area contributed by atoms with Crippen molar-refractivity contribution in [2.45, 2.75) is 43.7 Å². The number of nitrogens with two attached hydrogens (primary N) is 1. The molecule has 12 aromatic rings. The molecule has 12 rings (SSSR count). The van der Waals surface area contributed by atoms with Crippen molar-refractivity contribution in [2.75, 3.05) is 22.0 Å². The summed E-state index contributed by atoms with van der Waals surface area (Å²) in [6.45, 7) is 4.37. The zero-order valence-electron chi connectivity index (χ0n) is 49.8. The molecule has 0 bridgehead atoms. The van der Waals surface area contributed by atoms with Gasteiger partial charge in [0.05, 0.1) is 67.4 Å². The van der Waals surface area contributed by atoms with Gasteiger partial charge >= 0.3 is 6.18 Å². The number of aryl methyl sites for hydroxylation is 2. The molecule has 3 heterocycles. The summed E-state index contributed by atoms with van der Waals surface area (Å²) in [6, 6.07) is 57.5. The van der Waals surface area contributed by atoms with Gasteiger partial charge in [0.2, 0.25) is 30.1 Å². The van der Waals surface area contributed by atoms with Gasteiger partial charge in [-0.05, 0) is 136 Å². The SMILES string of the molecule is CC(C)c1ccc(/C=C/c2nc3ccc(-c4ccccc4NS(C)(=O)=O)cc3[nH]2)cc1.CS(=O)(=O)Nc1ccccc1-c1ccc2nc(/C=C/c3ccc(Br)cc3)[nH]c2c1.NS(=O)(=O)c1ccccc1-c1ccc2nc(CCc3cccc(C(F)(F)F)c3F)[nH]c2c1. The van der Waals surface area contributed by atoms with Gasteiger partial charge in [-0.3, -0.25) is 9.44 Å². The van der Waals surface area contributed by atoms with Crippen molar-refractivity contribution < 1.29 is 42.8 Å². The molecule has 0 atom stereocenters. The zero-order valence-corrected chi connectivity index (χ0v) is 53.8. The van der Waals surface area contributed by atoms with Crippen molar-refractivity contribution in [3.63, 3.8) is 0 Å². The van der Waals surface area contributed by atoms with Crippen LogP contribution in [-0.2, 0) is 49.1 Å². The summed E-state index contributed by atoms with van der Waals surface area (Å²) in [5, 5.41) is 5.31. The van der Waals surface area contributed by atoms with E-state index in [2.05, 4.69) is 93.4 Å². The van der Waals surface area contributed by atoms with E-state index in [1.165, 1.54) is 23.8 Å². The van der Waals surface area contributed by atoms with Crippen molar-refractivity contribution in [3.8, 4) is 33.4 Å². The molecule has 0 spiro atoms. The first-order valence-electron chi connectivity index (χ1n) is 28.5. The van der Waals surface area contributed by atoms with Crippen LogP contribution >= 0.6 is 15.9 Å². The first-order valence-corrected chi connectivity index (χ1v) is 34.6. The molecule has 7 N–H and O–H groups in total. The van der Waals surface area contributed by atoms with E-state index < -0.39 is 47.6 Å². The van der Waals surface area contributed by atoms with Crippen LogP contribution in [0.15, 0.2) is 203 Å². The summed E-state index contributed by atoms with van der Waals surface area (Å²) in [5.74, 6) is 1.22. The van der Waals surface area contributed by atoms with Gasteiger partial charge in [-0.1, -0.05) is 163 Å². The number of primary sulfonamides is 1. The quantitative estimate of drug-likeness (QED) is 0.0504. The van der Waals surface area contributed by atoms with E-state index in [-0.39, 0.29) is 23.3 Å². The number of imidazole rings is 3. The Balaban J connectivity index is 0.000000151. The third-order valence-corrected chi connectivity index (χ3v) is 17.1. The minimum Gasteiger partial charge on any atom is -0.342 e. The van der Waals surface area contributed by atoms with E-state index in [9.17, 15) is 42.8 Å². The minimum atomic E-state index is -4.76. The van der Waals surface area contributed by atoms with Crippen LogP contribution in [0.5, 0.6) is 0 Å². The number of benzene rings is 9. The maximum atomic E-state index is 14.2. The topological polar surface area (TPSA) is 239 Å². The van der Waals surface area contributed by atoms with Crippen molar-refractivity contribution in [1.82, 2.24) is 29.9 Å². The molecular weight excluding hydrogens is 1300 g/mol. The summed E-state index contributed by atoms with van der Waals surface area (Å²) < 4.78 is 130. The van der Waals surface area contributed by atoms with Crippen LogP contribution in [0.2, 0.25) is 0 Å². The maximum Gasteiger partial charge on any atom is 0.419 e. The van der Waals surface area contributed by atoms with Crippen molar-refractivity contribution >= 4 is 115 Å². The number of anilines is 2. The molecule has 0 aliphatic heterocycles. The van der Waals surface area contributed by atoms with Crippen molar-refractivity contribution in [3.05, 3.63) is 250 Å². The first kappa shape index (κ1) is 65.4. The summed E-state index contributed by atoms with van der Waals surface area (Å²) in [4.78, 5) is 23.3. The average molecular weight is 1360 g/mol. The number of para-hydroxylation sites is 2. The van der Waals surface area contributed by atoms with Gasteiger partial charge < -0.3 is 15.0 Å². The van der Waals surface area contributed by atoms with Crippen LogP contribution in [-0.4, -0.2) is 67.7 Å². The van der Waals surface area contributed by atoms with Crippen LogP contribution in [0.25, 0.3) is 90.8 Å². The van der Waals surface area contributed by atoms with E-state index in [1.807, 2.05) is 115 Å². The van der Waals surface area contributed by atoms with E-state index in [0.717, 1.165) is 84.1 Å². The number of aromatic amines is 3. The fraction of sp³-hybridized carbons (Fsp3) is 0.116. The monoisotopic (exact) mass is 1360 g/mol. The number of hydrogen-bond donors (Lipinski definition) is 6. The molecule has 0 aliphatic rings. The van der Waals surface area contributed by atoms with Crippen molar-refractivity contribution in [1.29, 1.82) is 0 Å². The number of H-pyrrole nitrogens is 3. The van der Waals surface area contributed by atoms with E-state index in [1.54, 1.807) is 54.6 Å². The van der Waals surface area contributed by atoms with Crippen LogP contribution in [0, 0.1) is 5.82 Å². The molecule has 0 radical (unpaired) electrons. The summed E-state index contributed by atoms with van der Waals surface area (Å²) in [6.07, 6.45) is 5.67. The van der Waals surface area contributed by atoms with Crippen LogP contribution in [0.3, 0.4) is 0 Å². The molecule has 23 heteroatoms. The summed E-state index contributed by atoms with van der Waals surface area (Å²) in [5.41, 5.74) is 12.4. The number of aromatic nitrogens is 6. The molecule has 92 heavy (non-hydrogen) atoms. The second-order valence-electron chi connectivity index (χ2n) is 21.8. The number of halogens is 5.